The molecule has 0 aromatic rings. The number of amides is 2. The summed E-state index contributed by atoms with van der Waals surface area (Å²) in [6.45, 7) is 0. The van der Waals surface area contributed by atoms with E-state index in [4.69, 9.17) is 4.79 Å². The zero-order valence-electron chi connectivity index (χ0n) is 2.77. The Bertz CT molecular complexity index is 33.8. The average Bonchev–Trinajstić information content (AvgIpc) is 0.811. The Morgan fingerprint density at radius 3 is 1.33 bits per heavy atom. The number of urea groups is 1. The van der Waals surface area contributed by atoms with Gasteiger partial charge in [0.25, 0.3) is 0 Å². The van der Waals surface area contributed by atoms with Crippen LogP contribution in [0.15, 0.2) is 0 Å². The van der Waals surface area contributed by atoms with Crippen LogP contribution in [0, 0.1) is 0 Å². The Hall–Kier alpha value is -0.553. The molecule has 5 heteroatoms. The van der Waals surface area contributed by atoms with Crippen molar-refractivity contribution in [1.82, 2.24) is 6.15 Å². The molecule has 0 aromatic carbocycles. The molecule has 0 unspecified atom stereocenters. The van der Waals surface area contributed by atoms with Gasteiger partial charge in [-0.2, -0.15) is 0 Å². The fraction of sp³-hybridized carbons (Fsp3) is 0. The first-order chi connectivity index (χ1) is 1.73. The molecule has 0 radical (unpaired) electrons. The van der Waals surface area contributed by atoms with Gasteiger partial charge < -0.3 is 17.6 Å². The van der Waals surface area contributed by atoms with Gasteiger partial charge in [-0.15, -0.1) is 0 Å². The Morgan fingerprint density at radius 2 is 1.33 bits per heavy atom. The number of hydrogen-bond acceptors (Lipinski definition) is 2. The van der Waals surface area contributed by atoms with E-state index in [1.54, 1.807) is 0 Å². The van der Waals surface area contributed by atoms with Crippen molar-refractivity contribution in [3.05, 3.63) is 0 Å². The first-order valence-corrected chi connectivity index (χ1v) is 0.781. The van der Waals surface area contributed by atoms with Crippen molar-refractivity contribution in [2.45, 2.75) is 0 Å². The summed E-state index contributed by atoms with van der Waals surface area (Å²) in [5.41, 5.74) is 8.50. The number of rotatable bonds is 0. The van der Waals surface area contributed by atoms with E-state index in [0.717, 1.165) is 0 Å². The third-order valence-corrected chi connectivity index (χ3v) is 0. The minimum atomic E-state index is -0.833. The van der Waals surface area contributed by atoms with E-state index in [2.05, 4.69) is 11.5 Å². The molecule has 40 valence electrons. The molecule has 7 N–H and O–H groups in total. The monoisotopic (exact) mass is 109 g/mol. The van der Waals surface area contributed by atoms with Gasteiger partial charge in [0, 0.05) is 0 Å². The summed E-state index contributed by atoms with van der Waals surface area (Å²) in [7, 11) is 0. The summed E-state index contributed by atoms with van der Waals surface area (Å²) in [6.07, 6.45) is 0. The second-order valence-corrected chi connectivity index (χ2v) is 0.402. The van der Waals surface area contributed by atoms with Crippen LogP contribution in [-0.2, 0) is 0 Å². The summed E-state index contributed by atoms with van der Waals surface area (Å²) in [5.74, 6) is 0. The van der Waals surface area contributed by atoms with Gasteiger partial charge in [0.2, 0.25) is 0 Å². The highest BCUT2D eigenvalue weighted by atomic mass is 28.1. The van der Waals surface area contributed by atoms with E-state index in [0.29, 0.717) is 0 Å². The highest BCUT2D eigenvalue weighted by molar-refractivity contribution is 5.75. The Kier molecular flexibility index (Phi) is 26.5. The van der Waals surface area contributed by atoms with Crippen LogP contribution in [0.4, 0.5) is 4.79 Å². The molecule has 0 rings (SSSR count). The quantitative estimate of drug-likeness (QED) is 0.305. The number of nitrogens with two attached hydrogens (primary N) is 2. The molecule has 0 aliphatic carbocycles. The maximum absolute atomic E-state index is 9.00. The summed E-state index contributed by atoms with van der Waals surface area (Å²) < 4.78 is 0. The van der Waals surface area contributed by atoms with Crippen molar-refractivity contribution in [1.29, 1.82) is 0 Å². The molecule has 0 aliphatic rings. The number of hydrogen-bond donors (Lipinski definition) is 3. The molecular formula is CH11N3OSi. The molecule has 0 spiro atoms. The summed E-state index contributed by atoms with van der Waals surface area (Å²) in [4.78, 5) is 9.00. The first kappa shape index (κ1) is 18.0. The van der Waals surface area contributed by atoms with Crippen LogP contribution in [0.5, 0.6) is 0 Å². The van der Waals surface area contributed by atoms with E-state index in [9.17, 15) is 0 Å². The third kappa shape index (κ3) is 67.5. The Balaban J connectivity index is -0.0000000450. The lowest BCUT2D eigenvalue weighted by Gasteiger charge is -1.62. The van der Waals surface area contributed by atoms with Gasteiger partial charge in [0.05, 0.1) is 0 Å². The number of carbonyl (C=O) groups is 1. The lowest BCUT2D eigenvalue weighted by Crippen LogP contribution is -2.18. The van der Waals surface area contributed by atoms with Crippen molar-refractivity contribution in [2.24, 2.45) is 11.5 Å². The fourth-order valence-corrected chi connectivity index (χ4v) is 0. The molecule has 2 amide bonds. The van der Waals surface area contributed by atoms with Crippen LogP contribution in [0.2, 0.25) is 0 Å². The second-order valence-electron chi connectivity index (χ2n) is 0.402. The maximum atomic E-state index is 9.00. The SMILES string of the molecule is N.NC(N)=O.[SiH4]. The van der Waals surface area contributed by atoms with Gasteiger partial charge in [-0.1, -0.05) is 0 Å². The highest BCUT2D eigenvalue weighted by Gasteiger charge is 1.60. The van der Waals surface area contributed by atoms with E-state index in [1.165, 1.54) is 0 Å². The predicted molar refractivity (Wildman–Crippen MR) is 30.1 cm³/mol. The first-order valence-electron chi connectivity index (χ1n) is 0.781. The molecule has 4 nitrogen and oxygen atoms in total. The van der Waals surface area contributed by atoms with Crippen LogP contribution in [-0.4, -0.2) is 17.0 Å². The molecule has 0 heterocycles. The van der Waals surface area contributed by atoms with Crippen molar-refractivity contribution in [3.8, 4) is 0 Å². The van der Waals surface area contributed by atoms with Gasteiger partial charge in [0.15, 0.2) is 0 Å². The fourth-order valence-electron chi connectivity index (χ4n) is 0. The van der Waals surface area contributed by atoms with Gasteiger partial charge in [-0.05, 0) is 11.0 Å². The lowest BCUT2D eigenvalue weighted by molar-refractivity contribution is 0.256. The predicted octanol–water partition coefficient (Wildman–Crippen LogP) is -2.27. The summed E-state index contributed by atoms with van der Waals surface area (Å²) >= 11 is 0. The van der Waals surface area contributed by atoms with Crippen LogP contribution >= 0.6 is 0 Å². The molecule has 0 atom stereocenters. The molecule has 0 bridgehead atoms. The molecule has 0 saturated carbocycles. The molecule has 6 heavy (non-hydrogen) atoms. The minimum absolute atomic E-state index is 0. The van der Waals surface area contributed by atoms with Crippen LogP contribution in [0.1, 0.15) is 0 Å². The standard InChI is InChI=1S/CH4N2O.H3N.H4Si/c2-1(3)4;;/h(H4,2,3,4);1H3;1H4. The van der Waals surface area contributed by atoms with Gasteiger partial charge in [0.1, 0.15) is 0 Å². The van der Waals surface area contributed by atoms with Crippen molar-refractivity contribution < 1.29 is 4.79 Å². The maximum Gasteiger partial charge on any atom is 0.309 e. The minimum Gasteiger partial charge on any atom is -0.352 e. The van der Waals surface area contributed by atoms with Crippen LogP contribution in [0.3, 0.4) is 0 Å². The molecule has 0 aromatic heterocycles. The molecule has 0 fully saturated rings. The normalized spacial score (nSPS) is 4.00. The number of primary amides is 2. The zero-order valence-corrected chi connectivity index (χ0v) is 2.77. The number of carbonyl (C=O) groups excluding carboxylic acids is 1. The molecular weight excluding hydrogens is 98.1 g/mol. The molecule has 0 saturated heterocycles. The van der Waals surface area contributed by atoms with E-state index in [-0.39, 0.29) is 17.1 Å². The summed E-state index contributed by atoms with van der Waals surface area (Å²) in [6, 6.07) is -0.833. The molecule has 0 aliphatic heterocycles. The van der Waals surface area contributed by atoms with Gasteiger partial charge in [-0.25, -0.2) is 4.79 Å². The smallest absolute Gasteiger partial charge is 0.309 e. The largest absolute Gasteiger partial charge is 0.352 e. The lowest BCUT2D eigenvalue weighted by atomic mass is 11.2. The van der Waals surface area contributed by atoms with E-state index >= 15 is 0 Å². The zero-order chi connectivity index (χ0) is 3.58. The second kappa shape index (κ2) is 8.82. The van der Waals surface area contributed by atoms with E-state index in [1.807, 2.05) is 0 Å². The Labute approximate surface area is 40.5 Å². The van der Waals surface area contributed by atoms with Gasteiger partial charge >= 0.3 is 6.03 Å². The third-order valence-electron chi connectivity index (χ3n) is 0. The Morgan fingerprint density at radius 1 is 1.33 bits per heavy atom. The van der Waals surface area contributed by atoms with Crippen molar-refractivity contribution >= 4 is 17.0 Å². The van der Waals surface area contributed by atoms with Crippen LogP contribution in [0.25, 0.3) is 0 Å². The van der Waals surface area contributed by atoms with E-state index < -0.39 is 6.03 Å². The van der Waals surface area contributed by atoms with Crippen molar-refractivity contribution in [2.75, 3.05) is 0 Å². The van der Waals surface area contributed by atoms with Gasteiger partial charge in [-0.3, -0.25) is 0 Å². The summed E-state index contributed by atoms with van der Waals surface area (Å²) in [5, 5.41) is 0. The average molecular weight is 109 g/mol. The van der Waals surface area contributed by atoms with Crippen molar-refractivity contribution in [3.63, 3.8) is 0 Å². The van der Waals surface area contributed by atoms with Crippen LogP contribution < -0.4 is 17.6 Å². The topological polar surface area (TPSA) is 104 Å². The highest BCUT2D eigenvalue weighted by Crippen LogP contribution is 1.25.